The molecular formula is C10H14N2O3. The summed E-state index contributed by atoms with van der Waals surface area (Å²) in [5, 5.41) is 18.9. The Hall–Kier alpha value is -1.36. The lowest BCUT2D eigenvalue weighted by Crippen LogP contribution is -2.46. The molecule has 1 aromatic rings. The maximum absolute atomic E-state index is 10.7. The summed E-state index contributed by atoms with van der Waals surface area (Å²) in [6.07, 6.45) is 3.95. The molecule has 0 spiro atoms. The van der Waals surface area contributed by atoms with Crippen molar-refractivity contribution in [2.45, 2.75) is 31.9 Å². The van der Waals surface area contributed by atoms with E-state index in [0.717, 1.165) is 6.54 Å². The van der Waals surface area contributed by atoms with Crippen molar-refractivity contribution < 1.29 is 15.0 Å². The predicted octanol–water partition coefficient (Wildman–Crippen LogP) is 0.585. The Morgan fingerprint density at radius 1 is 1.73 bits per heavy atom. The molecule has 15 heavy (non-hydrogen) atoms. The van der Waals surface area contributed by atoms with E-state index in [0.29, 0.717) is 5.82 Å². The van der Waals surface area contributed by atoms with Gasteiger partial charge < -0.3 is 14.8 Å². The van der Waals surface area contributed by atoms with Crippen LogP contribution in [0.4, 0.5) is 0 Å². The average molecular weight is 210 g/mol. The van der Waals surface area contributed by atoms with Crippen LogP contribution in [-0.4, -0.2) is 25.7 Å². The molecule has 0 unspecified atom stereocenters. The Balaban J connectivity index is 2.16. The van der Waals surface area contributed by atoms with Crippen molar-refractivity contribution in [2.24, 2.45) is 5.92 Å². The Labute approximate surface area is 87.4 Å². The monoisotopic (exact) mass is 210 g/mol. The normalized spacial score (nSPS) is 29.9. The van der Waals surface area contributed by atoms with Crippen LogP contribution in [0.2, 0.25) is 0 Å². The molecule has 5 nitrogen and oxygen atoms in total. The van der Waals surface area contributed by atoms with Gasteiger partial charge in [-0.1, -0.05) is 0 Å². The number of nitrogens with zero attached hydrogens (tertiary/aromatic N) is 2. The highest BCUT2D eigenvalue weighted by Crippen LogP contribution is 2.44. The van der Waals surface area contributed by atoms with Crippen LogP contribution in [0.25, 0.3) is 0 Å². The quantitative estimate of drug-likeness (QED) is 0.765. The first-order chi connectivity index (χ1) is 7.07. The molecule has 0 aromatic carbocycles. The standard InChI is InChI=1S/C10H14N2O3/c1-2-12-4-3-11-9(12)10(15)5-7(6-10)8(13)14/h3-4,7,15H,2,5-6H2,1H3,(H,13,14). The van der Waals surface area contributed by atoms with Crippen molar-refractivity contribution >= 4 is 5.97 Å². The Morgan fingerprint density at radius 3 is 2.93 bits per heavy atom. The number of aliphatic carboxylic acids is 1. The number of carbonyl (C=O) groups is 1. The number of imidazole rings is 1. The smallest absolute Gasteiger partial charge is 0.306 e. The fourth-order valence-electron chi connectivity index (χ4n) is 2.08. The minimum absolute atomic E-state index is 0.263. The second-order valence-corrected chi connectivity index (χ2v) is 4.01. The molecule has 0 atom stereocenters. The first-order valence-electron chi connectivity index (χ1n) is 5.03. The molecular weight excluding hydrogens is 196 g/mol. The highest BCUT2D eigenvalue weighted by molar-refractivity contribution is 5.71. The van der Waals surface area contributed by atoms with E-state index in [-0.39, 0.29) is 12.8 Å². The largest absolute Gasteiger partial charge is 0.481 e. The van der Waals surface area contributed by atoms with Gasteiger partial charge in [-0.3, -0.25) is 4.79 Å². The van der Waals surface area contributed by atoms with E-state index >= 15 is 0 Å². The molecule has 0 aliphatic heterocycles. The summed E-state index contributed by atoms with van der Waals surface area (Å²) in [7, 11) is 0. The van der Waals surface area contributed by atoms with Gasteiger partial charge in [0.2, 0.25) is 0 Å². The lowest BCUT2D eigenvalue weighted by molar-refractivity contribution is -0.161. The van der Waals surface area contributed by atoms with Gasteiger partial charge in [0.1, 0.15) is 11.4 Å². The van der Waals surface area contributed by atoms with Crippen molar-refractivity contribution in [3.8, 4) is 0 Å². The maximum atomic E-state index is 10.7. The van der Waals surface area contributed by atoms with Crippen LogP contribution in [0.5, 0.6) is 0 Å². The third-order valence-corrected chi connectivity index (χ3v) is 2.99. The number of rotatable bonds is 3. The molecule has 0 amide bonds. The van der Waals surface area contributed by atoms with Gasteiger partial charge in [-0.15, -0.1) is 0 Å². The van der Waals surface area contributed by atoms with Crippen molar-refractivity contribution in [1.82, 2.24) is 9.55 Å². The minimum atomic E-state index is -1.04. The summed E-state index contributed by atoms with van der Waals surface area (Å²) < 4.78 is 1.85. The summed E-state index contributed by atoms with van der Waals surface area (Å²) in [5.74, 6) is -0.686. The number of hydrogen-bond acceptors (Lipinski definition) is 3. The van der Waals surface area contributed by atoms with Gasteiger partial charge in [-0.25, -0.2) is 4.98 Å². The van der Waals surface area contributed by atoms with E-state index in [4.69, 9.17) is 5.11 Å². The second kappa shape index (κ2) is 3.34. The first kappa shape index (κ1) is 10.2. The van der Waals surface area contributed by atoms with Crippen molar-refractivity contribution in [2.75, 3.05) is 0 Å². The van der Waals surface area contributed by atoms with Crippen molar-refractivity contribution in [3.63, 3.8) is 0 Å². The van der Waals surface area contributed by atoms with Gasteiger partial charge in [0.15, 0.2) is 0 Å². The molecule has 82 valence electrons. The minimum Gasteiger partial charge on any atom is -0.481 e. The molecule has 0 radical (unpaired) electrons. The molecule has 5 heteroatoms. The van der Waals surface area contributed by atoms with Crippen molar-refractivity contribution in [3.05, 3.63) is 18.2 Å². The Morgan fingerprint density at radius 2 is 2.40 bits per heavy atom. The second-order valence-electron chi connectivity index (χ2n) is 4.01. The highest BCUT2D eigenvalue weighted by Gasteiger charge is 2.49. The lowest BCUT2D eigenvalue weighted by Gasteiger charge is -2.40. The topological polar surface area (TPSA) is 75.3 Å². The number of carboxylic acid groups (broad SMARTS) is 1. The zero-order valence-electron chi connectivity index (χ0n) is 8.55. The van der Waals surface area contributed by atoms with Crippen LogP contribution in [0, 0.1) is 5.92 Å². The third-order valence-electron chi connectivity index (χ3n) is 2.99. The SMILES string of the molecule is CCn1ccnc1C1(O)CC(C(=O)O)C1. The summed E-state index contributed by atoms with van der Waals surface area (Å²) in [6, 6.07) is 0. The number of aryl methyl sites for hydroxylation is 1. The van der Waals surface area contributed by atoms with Crippen LogP contribution in [-0.2, 0) is 16.9 Å². The molecule has 1 saturated carbocycles. The molecule has 2 rings (SSSR count). The Kier molecular flexibility index (Phi) is 2.26. The van der Waals surface area contributed by atoms with Crippen LogP contribution < -0.4 is 0 Å². The summed E-state index contributed by atoms with van der Waals surface area (Å²) >= 11 is 0. The van der Waals surface area contributed by atoms with Crippen molar-refractivity contribution in [1.29, 1.82) is 0 Å². The summed E-state index contributed by atoms with van der Waals surface area (Å²) in [5.41, 5.74) is -1.04. The van der Waals surface area contributed by atoms with E-state index in [2.05, 4.69) is 4.98 Å². The van der Waals surface area contributed by atoms with E-state index in [1.165, 1.54) is 0 Å². The van der Waals surface area contributed by atoms with E-state index in [1.807, 2.05) is 11.5 Å². The van der Waals surface area contributed by atoms with Crippen LogP contribution >= 0.6 is 0 Å². The molecule has 0 bridgehead atoms. The van der Waals surface area contributed by atoms with Gasteiger partial charge in [0.25, 0.3) is 0 Å². The van der Waals surface area contributed by atoms with Crippen LogP contribution in [0.3, 0.4) is 0 Å². The fourth-order valence-corrected chi connectivity index (χ4v) is 2.08. The lowest BCUT2D eigenvalue weighted by atomic mass is 9.70. The van der Waals surface area contributed by atoms with E-state index < -0.39 is 17.5 Å². The number of hydrogen-bond donors (Lipinski definition) is 2. The first-order valence-corrected chi connectivity index (χ1v) is 5.03. The third kappa shape index (κ3) is 1.52. The zero-order chi connectivity index (χ0) is 11.1. The molecule has 2 N–H and O–H groups in total. The summed E-state index contributed by atoms with van der Waals surface area (Å²) in [6.45, 7) is 2.69. The number of carboxylic acids is 1. The van der Waals surface area contributed by atoms with Gasteiger partial charge in [-0.05, 0) is 19.8 Å². The van der Waals surface area contributed by atoms with Crippen LogP contribution in [0.15, 0.2) is 12.4 Å². The maximum Gasteiger partial charge on any atom is 0.306 e. The average Bonchev–Trinajstić information content (AvgIpc) is 2.60. The Bertz CT molecular complexity index is 380. The molecule has 1 aliphatic rings. The number of aliphatic hydroxyl groups is 1. The van der Waals surface area contributed by atoms with Gasteiger partial charge in [0, 0.05) is 18.9 Å². The number of aromatic nitrogens is 2. The van der Waals surface area contributed by atoms with Crippen LogP contribution in [0.1, 0.15) is 25.6 Å². The summed E-state index contributed by atoms with van der Waals surface area (Å²) in [4.78, 5) is 14.7. The molecule has 1 fully saturated rings. The fraction of sp³-hybridized carbons (Fsp3) is 0.600. The van der Waals surface area contributed by atoms with E-state index in [1.54, 1.807) is 12.4 Å². The zero-order valence-corrected chi connectivity index (χ0v) is 8.55. The predicted molar refractivity (Wildman–Crippen MR) is 52.2 cm³/mol. The molecule has 0 saturated heterocycles. The van der Waals surface area contributed by atoms with Gasteiger partial charge in [-0.2, -0.15) is 0 Å². The van der Waals surface area contributed by atoms with Gasteiger partial charge in [0.05, 0.1) is 5.92 Å². The molecule has 1 aliphatic carbocycles. The van der Waals surface area contributed by atoms with E-state index in [9.17, 15) is 9.90 Å². The molecule has 1 aromatic heterocycles. The van der Waals surface area contributed by atoms with Gasteiger partial charge >= 0.3 is 5.97 Å². The molecule has 1 heterocycles. The highest BCUT2D eigenvalue weighted by atomic mass is 16.4.